The van der Waals surface area contributed by atoms with Crippen LogP contribution in [0.4, 0.5) is 0 Å². The van der Waals surface area contributed by atoms with Crippen molar-refractivity contribution >= 4 is 40.7 Å². The van der Waals surface area contributed by atoms with E-state index in [2.05, 4.69) is 10.2 Å². The van der Waals surface area contributed by atoms with Crippen molar-refractivity contribution in [3.63, 3.8) is 0 Å². The highest BCUT2D eigenvalue weighted by atomic mass is 35.5. The molecule has 0 fully saturated rings. The van der Waals surface area contributed by atoms with Crippen molar-refractivity contribution in [2.24, 2.45) is 7.05 Å². The van der Waals surface area contributed by atoms with Crippen molar-refractivity contribution in [3.05, 3.63) is 64.1 Å². The summed E-state index contributed by atoms with van der Waals surface area (Å²) in [6.45, 7) is 0. The number of carbonyl (C=O) groups is 1. The molecule has 1 heterocycles. The Kier molecular flexibility index (Phi) is 5.23. The maximum atomic E-state index is 12.2. The quantitative estimate of drug-likeness (QED) is 0.474. The summed E-state index contributed by atoms with van der Waals surface area (Å²) in [6.07, 6.45) is 0. The highest BCUT2D eigenvalue weighted by Crippen LogP contribution is 2.24. The number of halogens is 2. The van der Waals surface area contributed by atoms with Crippen LogP contribution in [0.1, 0.15) is 10.4 Å². The molecule has 0 bridgehead atoms. The standard InChI is InChI=1S/C17H13Cl2N3OS/c1-22-16(12-4-8-14(19)9-5-12)20-21-17(22)24-10-15(23)11-2-6-13(18)7-3-11/h2-9H,10H2,1H3. The van der Waals surface area contributed by atoms with Crippen molar-refractivity contribution < 1.29 is 4.79 Å². The Morgan fingerprint density at radius 1 is 1.00 bits per heavy atom. The zero-order valence-corrected chi connectivity index (χ0v) is 15.1. The number of rotatable bonds is 5. The molecule has 0 N–H and O–H groups in total. The third-order valence-corrected chi connectivity index (χ3v) is 4.96. The lowest BCUT2D eigenvalue weighted by Gasteiger charge is -2.04. The number of aromatic nitrogens is 3. The molecule has 24 heavy (non-hydrogen) atoms. The van der Waals surface area contributed by atoms with Gasteiger partial charge in [-0.05, 0) is 48.5 Å². The second-order valence-corrected chi connectivity index (χ2v) is 6.91. The minimum Gasteiger partial charge on any atom is -0.305 e. The van der Waals surface area contributed by atoms with E-state index < -0.39 is 0 Å². The maximum Gasteiger partial charge on any atom is 0.191 e. The van der Waals surface area contributed by atoms with E-state index in [1.807, 2.05) is 35.9 Å². The van der Waals surface area contributed by atoms with Crippen LogP contribution in [-0.4, -0.2) is 26.3 Å². The molecule has 122 valence electrons. The van der Waals surface area contributed by atoms with Gasteiger partial charge in [0.15, 0.2) is 16.8 Å². The Morgan fingerprint density at radius 2 is 1.58 bits per heavy atom. The molecule has 1 aromatic heterocycles. The Hall–Kier alpha value is -1.82. The van der Waals surface area contributed by atoms with Gasteiger partial charge in [0.05, 0.1) is 5.75 Å². The minimum atomic E-state index is 0.0210. The Morgan fingerprint density at radius 3 is 2.21 bits per heavy atom. The first-order valence-corrected chi connectivity index (χ1v) is 8.85. The number of thioether (sulfide) groups is 1. The Bertz CT molecular complexity index is 861. The molecule has 0 saturated heterocycles. The summed E-state index contributed by atoms with van der Waals surface area (Å²) >= 11 is 13.1. The van der Waals surface area contributed by atoms with Gasteiger partial charge in [0.1, 0.15) is 0 Å². The van der Waals surface area contributed by atoms with Crippen molar-refractivity contribution in [2.45, 2.75) is 5.16 Å². The van der Waals surface area contributed by atoms with Crippen LogP contribution < -0.4 is 0 Å². The normalized spacial score (nSPS) is 10.8. The van der Waals surface area contributed by atoms with E-state index in [0.29, 0.717) is 20.8 Å². The van der Waals surface area contributed by atoms with Crippen molar-refractivity contribution in [1.82, 2.24) is 14.8 Å². The number of hydrogen-bond donors (Lipinski definition) is 0. The number of benzene rings is 2. The van der Waals surface area contributed by atoms with Gasteiger partial charge in [0.25, 0.3) is 0 Å². The molecule has 0 saturated carbocycles. The van der Waals surface area contributed by atoms with Crippen molar-refractivity contribution in [1.29, 1.82) is 0 Å². The second-order valence-electron chi connectivity index (χ2n) is 5.09. The van der Waals surface area contributed by atoms with Gasteiger partial charge in [-0.25, -0.2) is 0 Å². The van der Waals surface area contributed by atoms with E-state index in [9.17, 15) is 4.79 Å². The summed E-state index contributed by atoms with van der Waals surface area (Å²) in [4.78, 5) is 12.2. The maximum absolute atomic E-state index is 12.2. The molecule has 0 unspecified atom stereocenters. The van der Waals surface area contributed by atoms with Crippen LogP contribution in [0.15, 0.2) is 53.7 Å². The van der Waals surface area contributed by atoms with Crippen molar-refractivity contribution in [2.75, 3.05) is 5.75 Å². The van der Waals surface area contributed by atoms with Gasteiger partial charge in [0.2, 0.25) is 0 Å². The van der Waals surface area contributed by atoms with Gasteiger partial charge in [-0.15, -0.1) is 10.2 Å². The fraction of sp³-hybridized carbons (Fsp3) is 0.118. The molecule has 0 atom stereocenters. The van der Waals surface area contributed by atoms with E-state index in [4.69, 9.17) is 23.2 Å². The molecule has 4 nitrogen and oxygen atoms in total. The van der Waals surface area contributed by atoms with E-state index in [1.165, 1.54) is 11.8 Å². The summed E-state index contributed by atoms with van der Waals surface area (Å²) < 4.78 is 1.86. The van der Waals surface area contributed by atoms with E-state index in [-0.39, 0.29) is 11.5 Å². The molecule has 3 aromatic rings. The number of hydrogen-bond acceptors (Lipinski definition) is 4. The predicted molar refractivity (Wildman–Crippen MR) is 98.0 cm³/mol. The predicted octanol–water partition coefficient (Wildman–Crippen LogP) is 4.76. The minimum absolute atomic E-state index is 0.0210. The van der Waals surface area contributed by atoms with Gasteiger partial charge in [0, 0.05) is 28.2 Å². The van der Waals surface area contributed by atoms with Crippen LogP contribution >= 0.6 is 35.0 Å². The molecule has 0 amide bonds. The van der Waals surface area contributed by atoms with Gasteiger partial charge >= 0.3 is 0 Å². The topological polar surface area (TPSA) is 47.8 Å². The first kappa shape index (κ1) is 17.0. The molecule has 0 aliphatic carbocycles. The molecule has 7 heteroatoms. The summed E-state index contributed by atoms with van der Waals surface area (Å²) in [5, 5.41) is 10.3. The Balaban J connectivity index is 1.71. The lowest BCUT2D eigenvalue weighted by atomic mass is 10.1. The van der Waals surface area contributed by atoms with Crippen LogP contribution in [-0.2, 0) is 7.05 Å². The number of Topliss-reactive ketones (excluding diaryl/α,β-unsaturated/α-hetero) is 1. The smallest absolute Gasteiger partial charge is 0.191 e. The SMILES string of the molecule is Cn1c(SCC(=O)c2ccc(Cl)cc2)nnc1-c1ccc(Cl)cc1. The van der Waals surface area contributed by atoms with Crippen LogP contribution in [0.25, 0.3) is 11.4 Å². The zero-order valence-electron chi connectivity index (χ0n) is 12.7. The summed E-state index contributed by atoms with van der Waals surface area (Å²) in [5.74, 6) is 1.04. The van der Waals surface area contributed by atoms with E-state index in [1.54, 1.807) is 24.3 Å². The van der Waals surface area contributed by atoms with Crippen LogP contribution in [0.3, 0.4) is 0 Å². The fourth-order valence-corrected chi connectivity index (χ4v) is 3.20. The number of ketones is 1. The average Bonchev–Trinajstić information content (AvgIpc) is 2.95. The molecule has 0 radical (unpaired) electrons. The summed E-state index contributed by atoms with van der Waals surface area (Å²) in [7, 11) is 1.87. The van der Waals surface area contributed by atoms with E-state index in [0.717, 1.165) is 11.4 Å². The Labute approximate surface area is 153 Å². The first-order chi connectivity index (χ1) is 11.5. The molecule has 2 aromatic carbocycles. The number of nitrogens with zero attached hydrogens (tertiary/aromatic N) is 3. The zero-order chi connectivity index (χ0) is 17.1. The average molecular weight is 378 g/mol. The van der Waals surface area contributed by atoms with Crippen molar-refractivity contribution in [3.8, 4) is 11.4 Å². The molecular weight excluding hydrogens is 365 g/mol. The molecule has 0 spiro atoms. The molecule has 0 aliphatic heterocycles. The van der Waals surface area contributed by atoms with Gasteiger partial charge in [-0.2, -0.15) is 0 Å². The highest BCUT2D eigenvalue weighted by Gasteiger charge is 2.13. The lowest BCUT2D eigenvalue weighted by Crippen LogP contribution is -2.03. The van der Waals surface area contributed by atoms with Gasteiger partial charge in [-0.3, -0.25) is 4.79 Å². The molecular formula is C17H13Cl2N3OS. The first-order valence-electron chi connectivity index (χ1n) is 7.11. The number of carbonyl (C=O) groups excluding carboxylic acids is 1. The molecule has 3 rings (SSSR count). The van der Waals surface area contributed by atoms with Gasteiger partial charge < -0.3 is 4.57 Å². The third kappa shape index (κ3) is 3.80. The summed E-state index contributed by atoms with van der Waals surface area (Å²) in [5.41, 5.74) is 1.55. The van der Waals surface area contributed by atoms with Crippen LogP contribution in [0.2, 0.25) is 10.0 Å². The second kappa shape index (κ2) is 7.38. The summed E-state index contributed by atoms with van der Waals surface area (Å²) in [6, 6.07) is 14.3. The third-order valence-electron chi connectivity index (χ3n) is 3.44. The fourth-order valence-electron chi connectivity index (χ4n) is 2.14. The monoisotopic (exact) mass is 377 g/mol. The van der Waals surface area contributed by atoms with Crippen LogP contribution in [0, 0.1) is 0 Å². The van der Waals surface area contributed by atoms with E-state index >= 15 is 0 Å². The lowest BCUT2D eigenvalue weighted by molar-refractivity contribution is 0.102. The highest BCUT2D eigenvalue weighted by molar-refractivity contribution is 7.99. The largest absolute Gasteiger partial charge is 0.305 e. The van der Waals surface area contributed by atoms with Gasteiger partial charge in [-0.1, -0.05) is 35.0 Å². The van der Waals surface area contributed by atoms with Crippen LogP contribution in [0.5, 0.6) is 0 Å². The molecule has 0 aliphatic rings.